The second-order valence-electron chi connectivity index (χ2n) is 7.60. The molecular formula is C20H23FN6OS. The van der Waals surface area contributed by atoms with E-state index in [2.05, 4.69) is 25.2 Å². The van der Waals surface area contributed by atoms with Crippen LogP contribution in [0.2, 0.25) is 0 Å². The molecular weight excluding hydrogens is 391 g/mol. The van der Waals surface area contributed by atoms with E-state index in [1.165, 1.54) is 17.4 Å². The highest BCUT2D eigenvalue weighted by Gasteiger charge is 2.34. The van der Waals surface area contributed by atoms with Gasteiger partial charge in [0.15, 0.2) is 5.69 Å². The molecule has 9 heteroatoms. The lowest BCUT2D eigenvalue weighted by atomic mass is 10.1. The van der Waals surface area contributed by atoms with E-state index in [-0.39, 0.29) is 11.9 Å². The number of aryl methyl sites for hydroxylation is 1. The zero-order valence-electron chi connectivity index (χ0n) is 16.8. The van der Waals surface area contributed by atoms with Crippen LogP contribution in [0.3, 0.4) is 0 Å². The Hall–Kier alpha value is -2.65. The van der Waals surface area contributed by atoms with Crippen LogP contribution in [0.4, 0.5) is 10.3 Å². The minimum Gasteiger partial charge on any atom is -0.348 e. The maximum Gasteiger partial charge on any atom is 0.274 e. The number of hydrogen-bond acceptors (Lipinski definition) is 7. The van der Waals surface area contributed by atoms with Crippen LogP contribution in [0.5, 0.6) is 0 Å². The van der Waals surface area contributed by atoms with Crippen molar-refractivity contribution in [3.63, 3.8) is 0 Å². The van der Waals surface area contributed by atoms with Gasteiger partial charge in [0.25, 0.3) is 5.91 Å². The van der Waals surface area contributed by atoms with E-state index in [0.29, 0.717) is 36.3 Å². The predicted molar refractivity (Wildman–Crippen MR) is 112 cm³/mol. The van der Waals surface area contributed by atoms with E-state index in [1.807, 2.05) is 38.9 Å². The SMILES string of the molecule is Cc1cc2nc(NC(C)c3cncc(F)c3)nc(C(=O)N3CC(N(C)C)C3)c2s1. The first-order valence-electron chi connectivity index (χ1n) is 9.42. The van der Waals surface area contributed by atoms with E-state index in [0.717, 1.165) is 21.3 Å². The van der Waals surface area contributed by atoms with E-state index >= 15 is 0 Å². The number of fused-ring (bicyclic) bond motifs is 1. The van der Waals surface area contributed by atoms with Gasteiger partial charge in [-0.2, -0.15) is 0 Å². The Morgan fingerprint density at radius 3 is 2.76 bits per heavy atom. The van der Waals surface area contributed by atoms with Gasteiger partial charge in [-0.3, -0.25) is 9.78 Å². The topological polar surface area (TPSA) is 74.2 Å². The molecule has 7 nitrogen and oxygen atoms in total. The highest BCUT2D eigenvalue weighted by Crippen LogP contribution is 2.30. The van der Waals surface area contributed by atoms with Crippen LogP contribution in [0.15, 0.2) is 24.5 Å². The molecule has 1 fully saturated rings. The number of likely N-dealkylation sites (N-methyl/N-ethyl adjacent to an activating group) is 1. The number of amides is 1. The Labute approximate surface area is 172 Å². The Kier molecular flexibility index (Phi) is 5.18. The van der Waals surface area contributed by atoms with Crippen molar-refractivity contribution in [3.8, 4) is 0 Å². The van der Waals surface area contributed by atoms with Gasteiger partial charge < -0.3 is 15.1 Å². The number of thiophene rings is 1. The number of nitrogens with zero attached hydrogens (tertiary/aromatic N) is 5. The van der Waals surface area contributed by atoms with E-state index < -0.39 is 5.82 Å². The van der Waals surface area contributed by atoms with Crippen molar-refractivity contribution in [2.75, 3.05) is 32.5 Å². The smallest absolute Gasteiger partial charge is 0.274 e. The number of anilines is 1. The van der Waals surface area contributed by atoms with Crippen LogP contribution in [0, 0.1) is 12.7 Å². The molecule has 29 heavy (non-hydrogen) atoms. The predicted octanol–water partition coefficient (Wildman–Crippen LogP) is 3.09. The fourth-order valence-electron chi connectivity index (χ4n) is 3.30. The molecule has 0 spiro atoms. The molecule has 1 amide bonds. The zero-order chi connectivity index (χ0) is 20.7. The van der Waals surface area contributed by atoms with Crippen molar-refractivity contribution >= 4 is 33.4 Å². The Bertz CT molecular complexity index is 1060. The number of aromatic nitrogens is 3. The number of rotatable bonds is 5. The van der Waals surface area contributed by atoms with Crippen molar-refractivity contribution in [2.24, 2.45) is 0 Å². The lowest BCUT2D eigenvalue weighted by Gasteiger charge is -2.42. The third-order valence-corrected chi connectivity index (χ3v) is 6.20. The summed E-state index contributed by atoms with van der Waals surface area (Å²) in [4.78, 5) is 31.1. The second-order valence-corrected chi connectivity index (χ2v) is 8.85. The highest BCUT2D eigenvalue weighted by molar-refractivity contribution is 7.19. The van der Waals surface area contributed by atoms with Gasteiger partial charge in [-0.25, -0.2) is 14.4 Å². The standard InChI is InChI=1S/C20H23FN6OS/c1-11-5-16-18(29-11)17(19(28)27-9-15(10-27)26(3)4)25-20(24-16)23-12(2)13-6-14(21)8-22-7-13/h5-8,12,15H,9-10H2,1-4H3,(H,23,24,25). The Balaban J connectivity index is 1.63. The summed E-state index contributed by atoms with van der Waals surface area (Å²) >= 11 is 1.52. The molecule has 3 aromatic heterocycles. The van der Waals surface area contributed by atoms with Crippen LogP contribution in [0.1, 0.15) is 33.9 Å². The fraction of sp³-hybridized carbons (Fsp3) is 0.400. The third-order valence-electron chi connectivity index (χ3n) is 5.15. The monoisotopic (exact) mass is 414 g/mol. The van der Waals surface area contributed by atoms with Gasteiger partial charge in [0.1, 0.15) is 5.82 Å². The van der Waals surface area contributed by atoms with E-state index in [1.54, 1.807) is 6.20 Å². The molecule has 0 aliphatic carbocycles. The first-order chi connectivity index (χ1) is 13.8. The van der Waals surface area contributed by atoms with Crippen molar-refractivity contribution in [1.29, 1.82) is 0 Å². The minimum atomic E-state index is -0.398. The quantitative estimate of drug-likeness (QED) is 0.692. The molecule has 1 aliphatic rings. The number of carbonyl (C=O) groups is 1. The summed E-state index contributed by atoms with van der Waals surface area (Å²) in [6, 6.07) is 3.49. The molecule has 152 valence electrons. The largest absolute Gasteiger partial charge is 0.348 e. The molecule has 1 saturated heterocycles. The normalized spacial score (nSPS) is 15.6. The van der Waals surface area contributed by atoms with Gasteiger partial charge >= 0.3 is 0 Å². The van der Waals surface area contributed by atoms with Crippen LogP contribution < -0.4 is 5.32 Å². The summed E-state index contributed by atoms with van der Waals surface area (Å²) in [5, 5.41) is 3.18. The van der Waals surface area contributed by atoms with Crippen LogP contribution >= 0.6 is 11.3 Å². The summed E-state index contributed by atoms with van der Waals surface area (Å²) in [5.74, 6) is -0.134. The minimum absolute atomic E-state index is 0.0829. The van der Waals surface area contributed by atoms with Crippen molar-refractivity contribution in [2.45, 2.75) is 25.9 Å². The van der Waals surface area contributed by atoms with Gasteiger partial charge in [0.05, 0.1) is 22.5 Å². The summed E-state index contributed by atoms with van der Waals surface area (Å²) in [6.45, 7) is 5.24. The van der Waals surface area contributed by atoms with Gasteiger partial charge in [-0.1, -0.05) is 0 Å². The highest BCUT2D eigenvalue weighted by atomic mass is 32.1. The number of hydrogen-bond donors (Lipinski definition) is 1. The lowest BCUT2D eigenvalue weighted by molar-refractivity contribution is 0.0396. The van der Waals surface area contributed by atoms with Crippen LogP contribution in [-0.2, 0) is 0 Å². The molecule has 1 atom stereocenters. The maximum atomic E-state index is 13.5. The second kappa shape index (κ2) is 7.64. The first kappa shape index (κ1) is 19.7. The number of pyridine rings is 1. The van der Waals surface area contributed by atoms with Crippen LogP contribution in [-0.4, -0.2) is 63.9 Å². The molecule has 0 radical (unpaired) electrons. The molecule has 0 saturated carbocycles. The van der Waals surface area contributed by atoms with E-state index in [9.17, 15) is 9.18 Å². The number of likely N-dealkylation sites (tertiary alicyclic amines) is 1. The first-order valence-corrected chi connectivity index (χ1v) is 10.2. The molecule has 1 N–H and O–H groups in total. The summed E-state index contributed by atoms with van der Waals surface area (Å²) < 4.78 is 14.3. The van der Waals surface area contributed by atoms with Gasteiger partial charge in [-0.05, 0) is 45.6 Å². The molecule has 0 bridgehead atoms. The third kappa shape index (κ3) is 3.92. The van der Waals surface area contributed by atoms with Gasteiger partial charge in [0.2, 0.25) is 5.95 Å². The van der Waals surface area contributed by atoms with E-state index in [4.69, 9.17) is 0 Å². The zero-order valence-corrected chi connectivity index (χ0v) is 17.6. The van der Waals surface area contributed by atoms with Gasteiger partial charge in [-0.15, -0.1) is 11.3 Å². The Morgan fingerprint density at radius 1 is 1.31 bits per heavy atom. The van der Waals surface area contributed by atoms with Crippen molar-refractivity contribution in [3.05, 3.63) is 46.5 Å². The summed E-state index contributed by atoms with van der Waals surface area (Å²) in [6.07, 6.45) is 2.76. The molecule has 4 heterocycles. The summed E-state index contributed by atoms with van der Waals surface area (Å²) in [7, 11) is 4.03. The van der Waals surface area contributed by atoms with Crippen LogP contribution in [0.25, 0.3) is 10.2 Å². The number of halogens is 1. The van der Waals surface area contributed by atoms with Crippen molar-refractivity contribution in [1.82, 2.24) is 24.8 Å². The maximum absolute atomic E-state index is 13.5. The number of nitrogens with one attached hydrogen (secondary N) is 1. The molecule has 0 aromatic carbocycles. The molecule has 3 aromatic rings. The molecule has 4 rings (SSSR count). The average molecular weight is 415 g/mol. The van der Waals surface area contributed by atoms with Gasteiger partial charge in [0, 0.05) is 30.2 Å². The molecule has 1 unspecified atom stereocenters. The molecule has 1 aliphatic heterocycles. The number of carbonyl (C=O) groups excluding carboxylic acids is 1. The average Bonchev–Trinajstić information content (AvgIpc) is 2.99. The Morgan fingerprint density at radius 2 is 2.07 bits per heavy atom. The lowest BCUT2D eigenvalue weighted by Crippen LogP contribution is -2.59. The van der Waals surface area contributed by atoms with Crippen molar-refractivity contribution < 1.29 is 9.18 Å². The fourth-order valence-corrected chi connectivity index (χ4v) is 4.23. The summed E-state index contributed by atoms with van der Waals surface area (Å²) in [5.41, 5.74) is 1.83.